The van der Waals surface area contributed by atoms with Gasteiger partial charge >= 0.3 is 0 Å². The van der Waals surface area contributed by atoms with Crippen LogP contribution in [0, 0.1) is 11.3 Å². The molecule has 3 rings (SSSR count). The van der Waals surface area contributed by atoms with Gasteiger partial charge < -0.3 is 9.84 Å². The van der Waals surface area contributed by atoms with Crippen molar-refractivity contribution in [2.75, 3.05) is 18.1 Å². The second-order valence-electron chi connectivity index (χ2n) is 7.69. The van der Waals surface area contributed by atoms with E-state index in [4.69, 9.17) is 4.74 Å². The van der Waals surface area contributed by atoms with Crippen molar-refractivity contribution in [3.8, 4) is 0 Å². The van der Waals surface area contributed by atoms with Crippen LogP contribution >= 0.6 is 11.8 Å². The summed E-state index contributed by atoms with van der Waals surface area (Å²) in [6, 6.07) is 0. The summed E-state index contributed by atoms with van der Waals surface area (Å²) in [6.07, 6.45) is 8.73. The highest BCUT2D eigenvalue weighted by Crippen LogP contribution is 2.46. The average Bonchev–Trinajstić information content (AvgIpc) is 2.37. The number of hydrogen-bond donors (Lipinski definition) is 1. The van der Waals surface area contributed by atoms with Gasteiger partial charge in [-0.1, -0.05) is 25.5 Å². The molecule has 2 unspecified atom stereocenters. The lowest BCUT2D eigenvalue weighted by Gasteiger charge is -2.45. The van der Waals surface area contributed by atoms with Crippen molar-refractivity contribution >= 4 is 11.8 Å². The molecule has 114 valence electrons. The smallest absolute Gasteiger partial charge is 0.0728 e. The summed E-state index contributed by atoms with van der Waals surface area (Å²) < 4.78 is 6.20. The highest BCUT2D eigenvalue weighted by atomic mass is 32.2. The fourth-order valence-electron chi connectivity index (χ4n) is 4.27. The van der Waals surface area contributed by atoms with Gasteiger partial charge in [0.15, 0.2) is 0 Å². The molecule has 3 heteroatoms. The Balaban J connectivity index is 1.73. The van der Waals surface area contributed by atoms with Crippen molar-refractivity contribution in [2.45, 2.75) is 64.1 Å². The van der Waals surface area contributed by atoms with Crippen LogP contribution in [0.15, 0.2) is 11.6 Å². The van der Waals surface area contributed by atoms with Gasteiger partial charge in [-0.2, -0.15) is 11.8 Å². The van der Waals surface area contributed by atoms with E-state index in [1.54, 1.807) is 0 Å². The Morgan fingerprint density at radius 1 is 1.25 bits per heavy atom. The predicted octanol–water partition coefficient (Wildman–Crippen LogP) is 3.79. The molecule has 0 radical (unpaired) electrons. The maximum Gasteiger partial charge on any atom is 0.0728 e. The van der Waals surface area contributed by atoms with Crippen LogP contribution in [0.5, 0.6) is 0 Å². The van der Waals surface area contributed by atoms with Gasteiger partial charge in [-0.25, -0.2) is 0 Å². The molecule has 2 atom stereocenters. The van der Waals surface area contributed by atoms with Crippen LogP contribution in [-0.4, -0.2) is 34.9 Å². The Morgan fingerprint density at radius 2 is 2.00 bits per heavy atom. The van der Waals surface area contributed by atoms with Crippen molar-refractivity contribution < 1.29 is 9.84 Å². The van der Waals surface area contributed by atoms with E-state index in [1.807, 2.05) is 0 Å². The molecule has 0 aromatic rings. The van der Waals surface area contributed by atoms with Crippen molar-refractivity contribution in [3.05, 3.63) is 11.6 Å². The monoisotopic (exact) mass is 296 g/mol. The van der Waals surface area contributed by atoms with Gasteiger partial charge in [0, 0.05) is 6.61 Å². The lowest BCUT2D eigenvalue weighted by molar-refractivity contribution is -0.0978. The molecule has 20 heavy (non-hydrogen) atoms. The molecular weight excluding hydrogens is 268 g/mol. The first-order valence-electron chi connectivity index (χ1n) is 8.09. The second kappa shape index (κ2) is 5.66. The lowest BCUT2D eigenvalue weighted by atomic mass is 9.69. The molecular formula is C17H28O2S. The van der Waals surface area contributed by atoms with Crippen molar-refractivity contribution in [1.29, 1.82) is 0 Å². The zero-order valence-corrected chi connectivity index (χ0v) is 13.7. The highest BCUT2D eigenvalue weighted by Gasteiger charge is 2.41. The van der Waals surface area contributed by atoms with E-state index in [0.717, 1.165) is 25.9 Å². The molecule has 1 N–H and O–H groups in total. The number of allylic oxidation sites excluding steroid dienone is 1. The quantitative estimate of drug-likeness (QED) is 0.747. The number of rotatable bonds is 1. The SMILES string of the molecule is CC1(C)CC(C2CCOC3(CCSCC3)C2)=CC(O)C1. The molecule has 0 amide bonds. The lowest BCUT2D eigenvalue weighted by Crippen LogP contribution is -2.44. The Bertz CT molecular complexity index is 377. The minimum absolute atomic E-state index is 0.154. The molecule has 2 heterocycles. The topological polar surface area (TPSA) is 29.5 Å². The highest BCUT2D eigenvalue weighted by molar-refractivity contribution is 7.99. The third-order valence-electron chi connectivity index (χ3n) is 5.27. The van der Waals surface area contributed by atoms with Crippen LogP contribution < -0.4 is 0 Å². The average molecular weight is 296 g/mol. The summed E-state index contributed by atoms with van der Waals surface area (Å²) in [6.45, 7) is 5.48. The standard InChI is InChI=1S/C17H28O2S/c1-16(2)10-14(9-15(18)12-16)13-3-6-19-17(11-13)4-7-20-8-5-17/h9,13,15,18H,3-8,10-12H2,1-2H3. The molecule has 0 aromatic heterocycles. The van der Waals surface area contributed by atoms with Crippen molar-refractivity contribution in [1.82, 2.24) is 0 Å². The summed E-state index contributed by atoms with van der Waals surface area (Å²) in [4.78, 5) is 0. The zero-order chi connectivity index (χ0) is 14.2. The number of thioether (sulfide) groups is 1. The molecule has 1 aliphatic carbocycles. The fraction of sp³-hybridized carbons (Fsp3) is 0.882. The molecule has 2 aliphatic heterocycles. The van der Waals surface area contributed by atoms with Gasteiger partial charge in [0.2, 0.25) is 0 Å². The number of ether oxygens (including phenoxy) is 1. The van der Waals surface area contributed by atoms with Gasteiger partial charge in [0.05, 0.1) is 11.7 Å². The van der Waals surface area contributed by atoms with E-state index in [9.17, 15) is 5.11 Å². The Labute approximate surface area is 127 Å². The third-order valence-corrected chi connectivity index (χ3v) is 6.26. The molecule has 2 fully saturated rings. The summed E-state index contributed by atoms with van der Waals surface area (Å²) in [5, 5.41) is 10.1. The first-order valence-corrected chi connectivity index (χ1v) is 9.24. The second-order valence-corrected chi connectivity index (χ2v) is 8.91. The van der Waals surface area contributed by atoms with E-state index in [2.05, 4.69) is 31.7 Å². The molecule has 0 bridgehead atoms. The van der Waals surface area contributed by atoms with E-state index in [0.29, 0.717) is 5.92 Å². The van der Waals surface area contributed by atoms with Crippen LogP contribution in [0.25, 0.3) is 0 Å². The van der Waals surface area contributed by atoms with Gasteiger partial charge in [-0.3, -0.25) is 0 Å². The van der Waals surface area contributed by atoms with Crippen LogP contribution in [0.4, 0.5) is 0 Å². The molecule has 0 aromatic carbocycles. The zero-order valence-electron chi connectivity index (χ0n) is 12.9. The third kappa shape index (κ3) is 3.26. The maximum absolute atomic E-state index is 10.1. The van der Waals surface area contributed by atoms with Gasteiger partial charge in [-0.05, 0) is 61.4 Å². The molecule has 1 spiro atoms. The molecule has 3 aliphatic rings. The van der Waals surface area contributed by atoms with Gasteiger partial charge in [0.1, 0.15) is 0 Å². The largest absolute Gasteiger partial charge is 0.389 e. The maximum atomic E-state index is 10.1. The summed E-state index contributed by atoms with van der Waals surface area (Å²) in [5.41, 5.74) is 1.91. The van der Waals surface area contributed by atoms with Crippen molar-refractivity contribution in [2.24, 2.45) is 11.3 Å². The molecule has 2 saturated heterocycles. The van der Waals surface area contributed by atoms with Crippen LogP contribution in [0.2, 0.25) is 0 Å². The summed E-state index contributed by atoms with van der Waals surface area (Å²) >= 11 is 2.06. The van der Waals surface area contributed by atoms with Crippen LogP contribution in [0.1, 0.15) is 52.4 Å². The summed E-state index contributed by atoms with van der Waals surface area (Å²) in [5.74, 6) is 3.14. The number of hydrogen-bond acceptors (Lipinski definition) is 3. The van der Waals surface area contributed by atoms with E-state index < -0.39 is 0 Å². The van der Waals surface area contributed by atoms with Crippen molar-refractivity contribution in [3.63, 3.8) is 0 Å². The van der Waals surface area contributed by atoms with E-state index >= 15 is 0 Å². The summed E-state index contributed by atoms with van der Waals surface area (Å²) in [7, 11) is 0. The van der Waals surface area contributed by atoms with E-state index in [1.165, 1.54) is 36.3 Å². The molecule has 2 nitrogen and oxygen atoms in total. The normalized spacial score (nSPS) is 36.6. The minimum Gasteiger partial charge on any atom is -0.389 e. The first kappa shape index (κ1) is 14.9. The Hall–Kier alpha value is 0.01000. The minimum atomic E-state index is -0.241. The van der Waals surface area contributed by atoms with Crippen LogP contribution in [-0.2, 0) is 4.74 Å². The van der Waals surface area contributed by atoms with Gasteiger partial charge in [-0.15, -0.1) is 0 Å². The number of aliphatic hydroxyl groups excluding tert-OH is 1. The predicted molar refractivity (Wildman–Crippen MR) is 85.1 cm³/mol. The first-order chi connectivity index (χ1) is 9.48. The number of aliphatic hydroxyl groups is 1. The Morgan fingerprint density at radius 3 is 2.70 bits per heavy atom. The van der Waals surface area contributed by atoms with Gasteiger partial charge in [0.25, 0.3) is 0 Å². The molecule has 0 saturated carbocycles. The van der Waals surface area contributed by atoms with Crippen LogP contribution in [0.3, 0.4) is 0 Å². The Kier molecular flexibility index (Phi) is 4.22. The van der Waals surface area contributed by atoms with E-state index in [-0.39, 0.29) is 17.1 Å². The fourth-order valence-corrected chi connectivity index (χ4v) is 5.51.